The van der Waals surface area contributed by atoms with E-state index in [4.69, 9.17) is 9.72 Å². The number of imidazole rings is 1. The van der Waals surface area contributed by atoms with Crippen molar-refractivity contribution in [2.75, 3.05) is 33.3 Å². The number of carbonyl (C=O) groups excluding carboxylic acids is 1. The van der Waals surface area contributed by atoms with Crippen molar-refractivity contribution in [1.29, 1.82) is 0 Å². The number of rotatable bonds is 5. The first-order chi connectivity index (χ1) is 17.6. The third-order valence-electron chi connectivity index (χ3n) is 6.93. The van der Waals surface area contributed by atoms with Gasteiger partial charge in [-0.3, -0.25) is 14.1 Å². The second kappa shape index (κ2) is 9.41. The molecule has 6 nitrogen and oxygen atoms in total. The van der Waals surface area contributed by atoms with E-state index in [1.807, 2.05) is 48.2 Å². The molecule has 3 heterocycles. The molecule has 0 unspecified atom stereocenters. The molecule has 1 fully saturated rings. The molecule has 0 N–H and O–H groups in total. The maximum absolute atomic E-state index is 13.0. The Balaban J connectivity index is 1.29. The smallest absolute Gasteiger partial charge is 0.253 e. The van der Waals surface area contributed by atoms with Crippen LogP contribution in [0, 0.1) is 6.92 Å². The van der Waals surface area contributed by atoms with Crippen LogP contribution >= 0.6 is 11.3 Å². The molecule has 36 heavy (non-hydrogen) atoms. The number of fused-ring (bicyclic) bond motifs is 3. The third-order valence-corrected chi connectivity index (χ3v) is 7.93. The van der Waals surface area contributed by atoms with Gasteiger partial charge in [-0.25, -0.2) is 4.98 Å². The van der Waals surface area contributed by atoms with Gasteiger partial charge in [0.25, 0.3) is 5.91 Å². The quantitative estimate of drug-likeness (QED) is 0.323. The standard InChI is InChI=1S/C29H28N4O2S/c1-20-8-10-22(11-9-20)28(34)32-16-14-31(15-17-32)19-25-27(21-6-4-3-5-7-21)30-29-33(25)24-13-12-23(35-2)18-26(24)36-29/h3-13,18H,14-17,19H2,1-2H3. The van der Waals surface area contributed by atoms with Crippen LogP contribution in [0.4, 0.5) is 0 Å². The summed E-state index contributed by atoms with van der Waals surface area (Å²) >= 11 is 1.69. The highest BCUT2D eigenvalue weighted by Gasteiger charge is 2.25. The number of methoxy groups -OCH3 is 1. The average molecular weight is 497 g/mol. The molecule has 0 radical (unpaired) electrons. The predicted octanol–water partition coefficient (Wildman–Crippen LogP) is 5.49. The molecule has 3 aromatic carbocycles. The number of benzene rings is 3. The fourth-order valence-electron chi connectivity index (χ4n) is 4.91. The van der Waals surface area contributed by atoms with E-state index in [1.165, 1.54) is 5.69 Å². The Morgan fingerprint density at radius 3 is 2.44 bits per heavy atom. The minimum atomic E-state index is 0.115. The van der Waals surface area contributed by atoms with Crippen LogP contribution in [0.5, 0.6) is 5.75 Å². The van der Waals surface area contributed by atoms with E-state index in [-0.39, 0.29) is 5.91 Å². The maximum atomic E-state index is 13.0. The molecule has 1 aliphatic rings. The molecule has 6 rings (SSSR count). The Kier molecular flexibility index (Phi) is 5.95. The molecular weight excluding hydrogens is 468 g/mol. The number of nitrogens with zero attached hydrogens (tertiary/aromatic N) is 4. The van der Waals surface area contributed by atoms with Crippen LogP contribution in [-0.4, -0.2) is 58.4 Å². The zero-order valence-corrected chi connectivity index (χ0v) is 21.3. The Bertz CT molecular complexity index is 1530. The van der Waals surface area contributed by atoms with Gasteiger partial charge in [0.05, 0.1) is 28.7 Å². The number of ether oxygens (including phenoxy) is 1. The molecule has 7 heteroatoms. The zero-order chi connectivity index (χ0) is 24.6. The normalized spacial score (nSPS) is 14.6. The molecule has 0 aliphatic carbocycles. The minimum absolute atomic E-state index is 0.115. The Labute approximate surface area is 214 Å². The molecule has 0 saturated carbocycles. The van der Waals surface area contributed by atoms with E-state index in [0.29, 0.717) is 0 Å². The van der Waals surface area contributed by atoms with E-state index in [9.17, 15) is 4.79 Å². The molecule has 1 saturated heterocycles. The van der Waals surface area contributed by atoms with Crippen molar-refractivity contribution < 1.29 is 9.53 Å². The summed E-state index contributed by atoms with van der Waals surface area (Å²) < 4.78 is 8.90. The van der Waals surface area contributed by atoms with Gasteiger partial charge < -0.3 is 9.64 Å². The van der Waals surface area contributed by atoms with Crippen LogP contribution in [-0.2, 0) is 6.54 Å². The summed E-state index contributed by atoms with van der Waals surface area (Å²) in [4.78, 5) is 23.5. The van der Waals surface area contributed by atoms with Crippen LogP contribution < -0.4 is 4.74 Å². The lowest BCUT2D eigenvalue weighted by atomic mass is 10.1. The number of hydrogen-bond acceptors (Lipinski definition) is 5. The number of hydrogen-bond donors (Lipinski definition) is 0. The second-order valence-corrected chi connectivity index (χ2v) is 10.3. The second-order valence-electron chi connectivity index (χ2n) is 9.26. The molecule has 0 bridgehead atoms. The monoisotopic (exact) mass is 496 g/mol. The van der Waals surface area contributed by atoms with E-state index in [2.05, 4.69) is 45.7 Å². The largest absolute Gasteiger partial charge is 0.497 e. The van der Waals surface area contributed by atoms with Crippen LogP contribution in [0.3, 0.4) is 0 Å². The molecular formula is C29H28N4O2S. The Morgan fingerprint density at radius 1 is 0.972 bits per heavy atom. The van der Waals surface area contributed by atoms with Gasteiger partial charge in [0.2, 0.25) is 0 Å². The highest BCUT2D eigenvalue weighted by molar-refractivity contribution is 7.23. The van der Waals surface area contributed by atoms with Crippen molar-refractivity contribution in [1.82, 2.24) is 19.2 Å². The number of amides is 1. The van der Waals surface area contributed by atoms with Crippen LogP contribution in [0.2, 0.25) is 0 Å². The van der Waals surface area contributed by atoms with Crippen molar-refractivity contribution >= 4 is 32.4 Å². The number of aromatic nitrogens is 2. The van der Waals surface area contributed by atoms with Gasteiger partial charge >= 0.3 is 0 Å². The SMILES string of the molecule is COc1ccc2c(c1)sc1nc(-c3ccccc3)c(CN3CCN(C(=O)c4ccc(C)cc4)CC3)n12. The van der Waals surface area contributed by atoms with Gasteiger partial charge in [0.15, 0.2) is 4.96 Å². The predicted molar refractivity (Wildman–Crippen MR) is 145 cm³/mol. The van der Waals surface area contributed by atoms with Gasteiger partial charge in [-0.15, -0.1) is 0 Å². The average Bonchev–Trinajstić information content (AvgIpc) is 3.45. The highest BCUT2D eigenvalue weighted by atomic mass is 32.1. The number of carbonyl (C=O) groups is 1. The first-order valence-electron chi connectivity index (χ1n) is 12.2. The Morgan fingerprint density at radius 2 is 1.72 bits per heavy atom. The van der Waals surface area contributed by atoms with Gasteiger partial charge in [-0.2, -0.15) is 0 Å². The van der Waals surface area contributed by atoms with Gasteiger partial charge in [0, 0.05) is 43.9 Å². The summed E-state index contributed by atoms with van der Waals surface area (Å²) in [5.41, 5.74) is 6.41. The molecule has 0 atom stereocenters. The number of thiazole rings is 1. The topological polar surface area (TPSA) is 50.1 Å². The summed E-state index contributed by atoms with van der Waals surface area (Å²) in [7, 11) is 1.70. The summed E-state index contributed by atoms with van der Waals surface area (Å²) in [6.07, 6.45) is 0. The van der Waals surface area contributed by atoms with Crippen molar-refractivity contribution in [3.8, 4) is 17.0 Å². The molecule has 182 valence electrons. The molecule has 2 aromatic heterocycles. The van der Waals surface area contributed by atoms with E-state index < -0.39 is 0 Å². The number of aryl methyl sites for hydroxylation is 1. The Hall–Kier alpha value is -3.68. The summed E-state index contributed by atoms with van der Waals surface area (Å²) in [6.45, 7) is 5.91. The van der Waals surface area contributed by atoms with Gasteiger partial charge in [-0.05, 0) is 37.3 Å². The van der Waals surface area contributed by atoms with E-state index in [1.54, 1.807) is 18.4 Å². The van der Waals surface area contributed by atoms with Crippen molar-refractivity contribution in [3.05, 3.63) is 89.6 Å². The van der Waals surface area contributed by atoms with Gasteiger partial charge in [-0.1, -0.05) is 59.4 Å². The third kappa shape index (κ3) is 4.14. The first kappa shape index (κ1) is 22.8. The van der Waals surface area contributed by atoms with Crippen LogP contribution in [0.25, 0.3) is 26.4 Å². The van der Waals surface area contributed by atoms with E-state index in [0.717, 1.165) is 76.0 Å². The van der Waals surface area contributed by atoms with Gasteiger partial charge in [0.1, 0.15) is 5.75 Å². The number of piperazine rings is 1. The lowest BCUT2D eigenvalue weighted by Crippen LogP contribution is -2.48. The molecule has 5 aromatic rings. The van der Waals surface area contributed by atoms with Crippen molar-refractivity contribution in [2.24, 2.45) is 0 Å². The lowest BCUT2D eigenvalue weighted by Gasteiger charge is -2.34. The molecule has 1 amide bonds. The van der Waals surface area contributed by atoms with Crippen LogP contribution in [0.15, 0.2) is 72.8 Å². The first-order valence-corrected chi connectivity index (χ1v) is 13.0. The van der Waals surface area contributed by atoms with Crippen molar-refractivity contribution in [2.45, 2.75) is 13.5 Å². The zero-order valence-electron chi connectivity index (χ0n) is 20.5. The molecule has 1 aliphatic heterocycles. The summed E-state index contributed by atoms with van der Waals surface area (Å²) in [6, 6.07) is 24.5. The minimum Gasteiger partial charge on any atom is -0.497 e. The fraction of sp³-hybridized carbons (Fsp3) is 0.241. The maximum Gasteiger partial charge on any atom is 0.253 e. The summed E-state index contributed by atoms with van der Waals surface area (Å²) in [5, 5.41) is 0. The summed E-state index contributed by atoms with van der Waals surface area (Å²) in [5.74, 6) is 0.968. The molecule has 0 spiro atoms. The van der Waals surface area contributed by atoms with E-state index >= 15 is 0 Å². The fourth-order valence-corrected chi connectivity index (χ4v) is 5.98. The van der Waals surface area contributed by atoms with Crippen LogP contribution in [0.1, 0.15) is 21.6 Å². The lowest BCUT2D eigenvalue weighted by molar-refractivity contribution is 0.0627. The van der Waals surface area contributed by atoms with Crippen molar-refractivity contribution in [3.63, 3.8) is 0 Å². The highest BCUT2D eigenvalue weighted by Crippen LogP contribution is 2.35.